The lowest BCUT2D eigenvalue weighted by Gasteiger charge is -2.21. The van der Waals surface area contributed by atoms with Crippen LogP contribution in [0.1, 0.15) is 30.0 Å². The van der Waals surface area contributed by atoms with Gasteiger partial charge in [-0.1, -0.05) is 35.9 Å². The minimum atomic E-state index is -0.353. The van der Waals surface area contributed by atoms with E-state index in [1.54, 1.807) is 22.8 Å². The van der Waals surface area contributed by atoms with Crippen LogP contribution < -0.4 is 16.6 Å². The molecule has 3 N–H and O–H groups in total. The van der Waals surface area contributed by atoms with Crippen molar-refractivity contribution in [2.45, 2.75) is 26.8 Å². The molecule has 0 aliphatic carbocycles. The monoisotopic (exact) mass is 420 g/mol. The van der Waals surface area contributed by atoms with Crippen LogP contribution in [0, 0.1) is 13.8 Å². The maximum atomic E-state index is 13.5. The standard InChI is InChI=1S/C22H21ClN6O/c1-12-13(2)26-22(24)28-19(12)25-14(3)20-27-17-11-7-10-16(23)18(17)21(30)29(20)15-8-5-4-6-9-15/h4-11,14H,1-3H3,(H3,24,25,26,28)/t14-/m0/s1. The number of rotatable bonds is 4. The van der Waals surface area contributed by atoms with E-state index < -0.39 is 0 Å². The number of nitrogens with zero attached hydrogens (tertiary/aromatic N) is 4. The average Bonchev–Trinajstić information content (AvgIpc) is 2.72. The summed E-state index contributed by atoms with van der Waals surface area (Å²) in [5.41, 5.74) is 8.52. The Bertz CT molecular complexity index is 1300. The lowest BCUT2D eigenvalue weighted by molar-refractivity contribution is 0.729. The first-order chi connectivity index (χ1) is 14.4. The number of fused-ring (bicyclic) bond motifs is 1. The number of hydrogen-bond donors (Lipinski definition) is 2. The zero-order valence-electron chi connectivity index (χ0n) is 16.8. The molecule has 0 bridgehead atoms. The van der Waals surface area contributed by atoms with Gasteiger partial charge in [-0.05, 0) is 45.0 Å². The predicted molar refractivity (Wildman–Crippen MR) is 120 cm³/mol. The van der Waals surface area contributed by atoms with Crippen LogP contribution in [0.25, 0.3) is 16.6 Å². The van der Waals surface area contributed by atoms with Crippen molar-refractivity contribution in [2.75, 3.05) is 11.1 Å². The smallest absolute Gasteiger partial charge is 0.267 e. The van der Waals surface area contributed by atoms with Crippen molar-refractivity contribution in [3.05, 3.63) is 81.0 Å². The molecule has 0 saturated heterocycles. The molecule has 1 atom stereocenters. The van der Waals surface area contributed by atoms with E-state index in [9.17, 15) is 4.79 Å². The average molecular weight is 421 g/mol. The van der Waals surface area contributed by atoms with Crippen LogP contribution in [0.4, 0.5) is 11.8 Å². The van der Waals surface area contributed by atoms with Gasteiger partial charge in [0.1, 0.15) is 11.6 Å². The lowest BCUT2D eigenvalue weighted by Crippen LogP contribution is -2.27. The van der Waals surface area contributed by atoms with Crippen LogP contribution in [0.5, 0.6) is 0 Å². The predicted octanol–water partition coefficient (Wildman–Crippen LogP) is 4.20. The highest BCUT2D eigenvalue weighted by Crippen LogP contribution is 2.26. The molecule has 0 amide bonds. The number of nitrogens with two attached hydrogens (primary N) is 1. The topological polar surface area (TPSA) is 98.7 Å². The summed E-state index contributed by atoms with van der Waals surface area (Å²) in [5, 5.41) is 4.10. The first-order valence-corrected chi connectivity index (χ1v) is 9.88. The number of para-hydroxylation sites is 1. The molecular weight excluding hydrogens is 400 g/mol. The van der Waals surface area contributed by atoms with Gasteiger partial charge in [0, 0.05) is 11.3 Å². The molecule has 0 aliphatic heterocycles. The molecule has 2 aromatic carbocycles. The number of anilines is 2. The summed E-state index contributed by atoms with van der Waals surface area (Å²) < 4.78 is 1.58. The molecule has 30 heavy (non-hydrogen) atoms. The van der Waals surface area contributed by atoms with E-state index in [1.807, 2.05) is 51.1 Å². The highest BCUT2D eigenvalue weighted by Gasteiger charge is 2.20. The molecule has 7 nitrogen and oxygen atoms in total. The molecule has 0 saturated carbocycles. The molecule has 0 spiro atoms. The van der Waals surface area contributed by atoms with Gasteiger partial charge in [0.05, 0.1) is 27.7 Å². The third-order valence-corrected chi connectivity index (χ3v) is 5.35. The second kappa shape index (κ2) is 7.76. The Morgan fingerprint density at radius 1 is 1.03 bits per heavy atom. The molecule has 0 unspecified atom stereocenters. The van der Waals surface area contributed by atoms with Crippen LogP contribution in [0.3, 0.4) is 0 Å². The summed E-state index contributed by atoms with van der Waals surface area (Å²) in [4.78, 5) is 26.8. The van der Waals surface area contributed by atoms with Crippen LogP contribution in [0.15, 0.2) is 53.3 Å². The second-order valence-corrected chi connectivity index (χ2v) is 7.49. The maximum absolute atomic E-state index is 13.5. The summed E-state index contributed by atoms with van der Waals surface area (Å²) >= 11 is 6.34. The van der Waals surface area contributed by atoms with Crippen LogP contribution >= 0.6 is 11.6 Å². The number of nitrogens with one attached hydrogen (secondary N) is 1. The molecule has 2 heterocycles. The van der Waals surface area contributed by atoms with Gasteiger partial charge < -0.3 is 11.1 Å². The Hall–Kier alpha value is -3.45. The number of benzene rings is 2. The zero-order valence-corrected chi connectivity index (χ0v) is 17.6. The minimum absolute atomic E-state index is 0.187. The fraction of sp³-hybridized carbons (Fsp3) is 0.182. The van der Waals surface area contributed by atoms with Crippen LogP contribution in [0.2, 0.25) is 5.02 Å². The van der Waals surface area contributed by atoms with Crippen LogP contribution in [-0.2, 0) is 0 Å². The molecule has 2 aromatic heterocycles. The van der Waals surface area contributed by atoms with Gasteiger partial charge >= 0.3 is 0 Å². The lowest BCUT2D eigenvalue weighted by atomic mass is 10.2. The van der Waals surface area contributed by atoms with Crippen LogP contribution in [-0.4, -0.2) is 19.5 Å². The van der Waals surface area contributed by atoms with E-state index in [0.717, 1.165) is 11.3 Å². The first kappa shape index (κ1) is 19.8. The fourth-order valence-corrected chi connectivity index (χ4v) is 3.63. The molecule has 0 fully saturated rings. The zero-order chi connectivity index (χ0) is 21.4. The maximum Gasteiger partial charge on any atom is 0.267 e. The van der Waals surface area contributed by atoms with E-state index in [1.165, 1.54) is 0 Å². The minimum Gasteiger partial charge on any atom is -0.368 e. The molecule has 0 aliphatic rings. The van der Waals surface area contributed by atoms with E-state index in [0.29, 0.717) is 33.3 Å². The van der Waals surface area contributed by atoms with Gasteiger partial charge in [0.15, 0.2) is 0 Å². The highest BCUT2D eigenvalue weighted by molar-refractivity contribution is 6.35. The Morgan fingerprint density at radius 3 is 2.50 bits per heavy atom. The SMILES string of the molecule is Cc1nc(N)nc(N[C@@H](C)c2nc3cccc(Cl)c3c(=O)n2-c2ccccc2)c1C. The van der Waals surface area contributed by atoms with Crippen molar-refractivity contribution in [1.82, 2.24) is 19.5 Å². The second-order valence-electron chi connectivity index (χ2n) is 7.09. The number of aryl methyl sites for hydroxylation is 1. The van der Waals surface area contributed by atoms with Gasteiger partial charge in [-0.2, -0.15) is 4.98 Å². The van der Waals surface area contributed by atoms with Crippen molar-refractivity contribution in [1.29, 1.82) is 0 Å². The number of halogens is 1. The highest BCUT2D eigenvalue weighted by atomic mass is 35.5. The van der Waals surface area contributed by atoms with Crippen molar-refractivity contribution in [2.24, 2.45) is 0 Å². The van der Waals surface area contributed by atoms with Crippen molar-refractivity contribution >= 4 is 34.3 Å². The summed E-state index contributed by atoms with van der Waals surface area (Å²) in [6.07, 6.45) is 0. The Morgan fingerprint density at radius 2 is 1.77 bits per heavy atom. The quantitative estimate of drug-likeness (QED) is 0.513. The summed E-state index contributed by atoms with van der Waals surface area (Å²) in [6.45, 7) is 5.71. The third-order valence-electron chi connectivity index (χ3n) is 5.03. The molecule has 152 valence electrons. The van der Waals surface area contributed by atoms with Crippen molar-refractivity contribution in [3.8, 4) is 5.69 Å². The molecule has 8 heteroatoms. The normalized spacial score (nSPS) is 12.1. The van der Waals surface area contributed by atoms with Gasteiger partial charge in [0.2, 0.25) is 5.95 Å². The molecular formula is C22H21ClN6O. The van der Waals surface area contributed by atoms with Gasteiger partial charge in [0.25, 0.3) is 5.56 Å². The molecule has 4 rings (SSSR count). The first-order valence-electron chi connectivity index (χ1n) is 9.50. The van der Waals surface area contributed by atoms with E-state index in [2.05, 4.69) is 15.3 Å². The van der Waals surface area contributed by atoms with Gasteiger partial charge in [-0.25, -0.2) is 9.97 Å². The Balaban J connectivity index is 1.93. The van der Waals surface area contributed by atoms with Gasteiger partial charge in [-0.15, -0.1) is 0 Å². The third kappa shape index (κ3) is 3.48. The summed E-state index contributed by atoms with van der Waals surface area (Å²) in [7, 11) is 0. The Kier molecular flexibility index (Phi) is 5.13. The number of aromatic nitrogens is 4. The molecule has 4 aromatic rings. The summed E-state index contributed by atoms with van der Waals surface area (Å²) in [6, 6.07) is 14.3. The Labute approximate surface area is 178 Å². The van der Waals surface area contributed by atoms with Crippen molar-refractivity contribution in [3.63, 3.8) is 0 Å². The largest absolute Gasteiger partial charge is 0.368 e. The fourth-order valence-electron chi connectivity index (χ4n) is 3.38. The van der Waals surface area contributed by atoms with E-state index >= 15 is 0 Å². The van der Waals surface area contributed by atoms with E-state index in [4.69, 9.17) is 22.3 Å². The number of nitrogen functional groups attached to an aromatic ring is 1. The number of hydrogen-bond acceptors (Lipinski definition) is 6. The van der Waals surface area contributed by atoms with Gasteiger partial charge in [-0.3, -0.25) is 9.36 Å². The summed E-state index contributed by atoms with van der Waals surface area (Å²) in [5.74, 6) is 1.33. The van der Waals surface area contributed by atoms with E-state index in [-0.39, 0.29) is 17.5 Å². The molecule has 0 radical (unpaired) electrons. The van der Waals surface area contributed by atoms with Crippen molar-refractivity contribution < 1.29 is 0 Å².